The SMILES string of the molecule is O=C(NCCCCc1ccc(-c2ccc3c(c2)oc(=O)n3C(=O)NCCCCc2ccc(C3(N4CC4)CC3)cc2)cc1)n1c(=O)oc2cc(-c3ccc(F)cc3)ccc21. The Labute approximate surface area is 339 Å². The van der Waals surface area contributed by atoms with Crippen LogP contribution in [0.3, 0.4) is 0 Å². The fourth-order valence-corrected chi connectivity index (χ4v) is 8.11. The predicted molar refractivity (Wildman–Crippen MR) is 224 cm³/mol. The van der Waals surface area contributed by atoms with Gasteiger partial charge in [0.2, 0.25) is 0 Å². The van der Waals surface area contributed by atoms with Crippen LogP contribution in [0, 0.1) is 5.82 Å². The second-order valence-corrected chi connectivity index (χ2v) is 15.6. The molecule has 0 spiro atoms. The van der Waals surface area contributed by atoms with E-state index in [1.54, 1.807) is 42.5 Å². The van der Waals surface area contributed by atoms with Crippen LogP contribution in [0.4, 0.5) is 14.0 Å². The van der Waals surface area contributed by atoms with E-state index in [2.05, 4.69) is 39.8 Å². The normalized spacial score (nSPS) is 14.5. The van der Waals surface area contributed by atoms with E-state index in [-0.39, 0.29) is 11.4 Å². The monoisotopic (exact) mass is 793 g/mol. The first-order chi connectivity index (χ1) is 28.8. The summed E-state index contributed by atoms with van der Waals surface area (Å²) >= 11 is 0. The van der Waals surface area contributed by atoms with Gasteiger partial charge in [-0.3, -0.25) is 4.90 Å². The number of benzene rings is 5. The molecule has 7 aromatic rings. The fraction of sp³-hybridized carbons (Fsp3) is 0.277. The number of hydrogen-bond donors (Lipinski definition) is 2. The van der Waals surface area contributed by atoms with Gasteiger partial charge in [-0.2, -0.15) is 9.13 Å². The van der Waals surface area contributed by atoms with Crippen LogP contribution in [0.2, 0.25) is 0 Å². The molecule has 11 nitrogen and oxygen atoms in total. The zero-order valence-electron chi connectivity index (χ0n) is 32.5. The smallest absolute Gasteiger partial charge is 0.407 e. The molecular weight excluding hydrogens is 750 g/mol. The molecule has 2 aliphatic rings. The molecule has 3 heterocycles. The maximum Gasteiger partial charge on any atom is 0.428 e. The Morgan fingerprint density at radius 2 is 1.02 bits per heavy atom. The Hall–Kier alpha value is -6.53. The lowest BCUT2D eigenvalue weighted by Gasteiger charge is -2.17. The van der Waals surface area contributed by atoms with Crippen LogP contribution < -0.4 is 22.1 Å². The summed E-state index contributed by atoms with van der Waals surface area (Å²) in [7, 11) is 0. The number of carbonyl (C=O) groups is 2. The summed E-state index contributed by atoms with van der Waals surface area (Å²) < 4.78 is 26.2. The molecule has 2 N–H and O–H groups in total. The second kappa shape index (κ2) is 16.0. The summed E-state index contributed by atoms with van der Waals surface area (Å²) in [6.07, 6.45) is 7.47. The van der Waals surface area contributed by atoms with Gasteiger partial charge in [0.15, 0.2) is 11.2 Å². The number of carbonyl (C=O) groups excluding carboxylic acids is 2. The molecular formula is C47H44FN5O6. The number of halogens is 1. The topological polar surface area (TPSA) is 131 Å². The van der Waals surface area contributed by atoms with Gasteiger partial charge in [0, 0.05) is 31.7 Å². The molecule has 9 rings (SSSR count). The second-order valence-electron chi connectivity index (χ2n) is 15.6. The minimum absolute atomic E-state index is 0.267. The zero-order chi connectivity index (χ0) is 40.5. The van der Waals surface area contributed by atoms with Crippen molar-refractivity contribution in [3.8, 4) is 22.3 Å². The van der Waals surface area contributed by atoms with Gasteiger partial charge in [0.25, 0.3) is 0 Å². The highest BCUT2D eigenvalue weighted by atomic mass is 19.1. The number of unbranched alkanes of at least 4 members (excludes halogenated alkanes) is 2. The number of hydrogen-bond acceptors (Lipinski definition) is 7. The molecule has 0 radical (unpaired) electrons. The molecule has 5 aromatic carbocycles. The summed E-state index contributed by atoms with van der Waals surface area (Å²) in [5.41, 5.74) is 8.82. The molecule has 0 atom stereocenters. The summed E-state index contributed by atoms with van der Waals surface area (Å²) in [5.74, 6) is -1.84. The highest BCUT2D eigenvalue weighted by molar-refractivity contribution is 5.91. The van der Waals surface area contributed by atoms with E-state index in [1.165, 1.54) is 49.2 Å². The number of rotatable bonds is 14. The van der Waals surface area contributed by atoms with E-state index in [4.69, 9.17) is 8.83 Å². The van der Waals surface area contributed by atoms with Crippen LogP contribution in [0.1, 0.15) is 55.2 Å². The molecule has 1 saturated heterocycles. The molecule has 2 fully saturated rings. The summed E-state index contributed by atoms with van der Waals surface area (Å²) in [6, 6.07) is 32.5. The number of aromatic nitrogens is 2. The Bertz CT molecular complexity index is 2770. The van der Waals surface area contributed by atoms with Gasteiger partial charge in [-0.1, -0.05) is 72.8 Å². The van der Waals surface area contributed by atoms with Crippen molar-refractivity contribution < 1.29 is 22.8 Å². The lowest BCUT2D eigenvalue weighted by molar-refractivity contribution is 0.240. The average Bonchev–Trinajstić information content (AvgIpc) is 4.18. The first-order valence-electron chi connectivity index (χ1n) is 20.3. The van der Waals surface area contributed by atoms with Gasteiger partial charge < -0.3 is 19.5 Å². The van der Waals surface area contributed by atoms with E-state index >= 15 is 0 Å². The van der Waals surface area contributed by atoms with E-state index < -0.39 is 23.6 Å². The van der Waals surface area contributed by atoms with Gasteiger partial charge in [0.1, 0.15) is 5.82 Å². The molecule has 2 amide bonds. The van der Waals surface area contributed by atoms with Crippen LogP contribution in [-0.4, -0.2) is 52.3 Å². The third kappa shape index (κ3) is 8.00. The molecule has 0 bridgehead atoms. The summed E-state index contributed by atoms with van der Waals surface area (Å²) in [6.45, 7) is 3.26. The highest BCUT2D eigenvalue weighted by Crippen LogP contribution is 2.53. The van der Waals surface area contributed by atoms with Crippen molar-refractivity contribution in [3.05, 3.63) is 153 Å². The lowest BCUT2D eigenvalue weighted by atomic mass is 10.0. The molecule has 1 saturated carbocycles. The summed E-state index contributed by atoms with van der Waals surface area (Å²) in [5, 5.41) is 5.69. The maximum atomic E-state index is 13.3. The Morgan fingerprint density at radius 1 is 0.576 bits per heavy atom. The molecule has 2 aromatic heterocycles. The Kier molecular flexibility index (Phi) is 10.3. The van der Waals surface area contributed by atoms with Crippen LogP contribution >= 0.6 is 0 Å². The first-order valence-corrected chi connectivity index (χ1v) is 20.3. The van der Waals surface area contributed by atoms with Gasteiger partial charge in [-0.15, -0.1) is 0 Å². The van der Waals surface area contributed by atoms with Gasteiger partial charge in [0.05, 0.1) is 11.0 Å². The zero-order valence-corrected chi connectivity index (χ0v) is 32.5. The molecule has 1 aliphatic heterocycles. The number of nitrogens with one attached hydrogen (secondary N) is 2. The molecule has 1 aliphatic carbocycles. The third-order valence-corrected chi connectivity index (χ3v) is 11.6. The van der Waals surface area contributed by atoms with Crippen LogP contribution in [0.25, 0.3) is 44.5 Å². The minimum atomic E-state index is -0.777. The number of oxazole rings is 2. The van der Waals surface area contributed by atoms with Crippen molar-refractivity contribution in [2.45, 2.75) is 56.9 Å². The Balaban J connectivity index is 0.725. The number of aryl methyl sites for hydroxylation is 2. The van der Waals surface area contributed by atoms with Crippen molar-refractivity contribution in [1.29, 1.82) is 0 Å². The van der Waals surface area contributed by atoms with Crippen molar-refractivity contribution in [2.75, 3.05) is 26.2 Å². The van der Waals surface area contributed by atoms with Crippen molar-refractivity contribution in [2.24, 2.45) is 0 Å². The maximum absolute atomic E-state index is 13.3. The average molecular weight is 794 g/mol. The quantitative estimate of drug-likeness (QED) is 0.0835. The molecule has 300 valence electrons. The lowest BCUT2D eigenvalue weighted by Crippen LogP contribution is -2.34. The first kappa shape index (κ1) is 38.0. The van der Waals surface area contributed by atoms with E-state index in [9.17, 15) is 23.6 Å². The highest BCUT2D eigenvalue weighted by Gasteiger charge is 2.53. The van der Waals surface area contributed by atoms with E-state index in [1.807, 2.05) is 30.3 Å². The van der Waals surface area contributed by atoms with Gasteiger partial charge >= 0.3 is 23.6 Å². The number of fused-ring (bicyclic) bond motifs is 2. The predicted octanol–water partition coefficient (Wildman–Crippen LogP) is 8.44. The largest absolute Gasteiger partial charge is 0.428 e. The van der Waals surface area contributed by atoms with Crippen molar-refractivity contribution in [1.82, 2.24) is 24.7 Å². The summed E-state index contributed by atoms with van der Waals surface area (Å²) in [4.78, 5) is 53.8. The van der Waals surface area contributed by atoms with Crippen LogP contribution in [0.15, 0.2) is 128 Å². The molecule has 12 heteroatoms. The van der Waals surface area contributed by atoms with E-state index in [0.717, 1.165) is 69.1 Å². The minimum Gasteiger partial charge on any atom is -0.407 e. The van der Waals surface area contributed by atoms with Gasteiger partial charge in [-0.05, 0) is 127 Å². The molecule has 0 unspecified atom stereocenters. The Morgan fingerprint density at radius 3 is 1.47 bits per heavy atom. The standard InChI is InChI=1S/C47H44FN5O6/c48-38-19-13-34(14-20-38)36-16-22-40-42(30-36)59-46(57)53(40)43(54)49-25-3-1-5-31-7-11-33(12-8-31)35-15-21-39-41(29-35)58-45(56)52(39)44(55)50-26-4-2-6-32-9-17-37(18-10-32)47(23-24-47)51-27-28-51/h7-22,29-30H,1-6,23-28H2,(H,49,54)(H,50,55). The van der Waals surface area contributed by atoms with Crippen molar-refractivity contribution >= 4 is 34.3 Å². The fourth-order valence-electron chi connectivity index (χ4n) is 8.11. The van der Waals surface area contributed by atoms with Crippen LogP contribution in [0.5, 0.6) is 0 Å². The molecule has 59 heavy (non-hydrogen) atoms. The van der Waals surface area contributed by atoms with Crippen LogP contribution in [-0.2, 0) is 18.4 Å². The number of amides is 2. The third-order valence-electron chi connectivity index (χ3n) is 11.6. The van der Waals surface area contributed by atoms with Gasteiger partial charge in [-0.25, -0.2) is 23.6 Å². The van der Waals surface area contributed by atoms with E-state index in [0.29, 0.717) is 41.7 Å². The number of nitrogens with zero attached hydrogens (tertiary/aromatic N) is 3. The van der Waals surface area contributed by atoms with Crippen molar-refractivity contribution in [3.63, 3.8) is 0 Å².